The second-order valence-electron chi connectivity index (χ2n) is 32.1. The molecule has 0 atom stereocenters. The summed E-state index contributed by atoms with van der Waals surface area (Å²) in [4.78, 5) is 15.6. The first kappa shape index (κ1) is 134. The number of hydrogen-bond donors (Lipinski definition) is 1. The number of carbonyl (C=O) groups excluding carboxylic acids is 1. The maximum absolute atomic E-state index is 12.6. The van der Waals surface area contributed by atoms with Crippen LogP contribution in [0.4, 0.5) is 83.7 Å². The van der Waals surface area contributed by atoms with E-state index >= 15 is 0 Å². The summed E-state index contributed by atoms with van der Waals surface area (Å²) in [6.07, 6.45) is 17.8. The van der Waals surface area contributed by atoms with Gasteiger partial charge in [0.05, 0.1) is 60.4 Å². The first-order valence-corrected chi connectivity index (χ1v) is 54.7. The van der Waals surface area contributed by atoms with E-state index in [-0.39, 0.29) is 26.7 Å². The number of fused-ring (bicyclic) bond motifs is 1. The molecule has 0 aliphatic carbocycles. The van der Waals surface area contributed by atoms with Gasteiger partial charge in [-0.2, -0.15) is 0 Å². The van der Waals surface area contributed by atoms with Crippen molar-refractivity contribution in [3.63, 3.8) is 0 Å². The summed E-state index contributed by atoms with van der Waals surface area (Å²) in [6.45, 7) is 32.7. The van der Waals surface area contributed by atoms with E-state index in [0.717, 1.165) is 93.7 Å². The molecule has 9 aromatic carbocycles. The van der Waals surface area contributed by atoms with Crippen LogP contribution in [0.1, 0.15) is 246 Å². The zero-order chi connectivity index (χ0) is 111. The van der Waals surface area contributed by atoms with E-state index in [2.05, 4.69) is 104 Å². The zero-order valence-electron chi connectivity index (χ0n) is 80.9. The van der Waals surface area contributed by atoms with E-state index in [1.165, 1.54) is 79.8 Å². The molecular formula is C92H115ClF17N4O24P2S4-5. The maximum atomic E-state index is 12.6. The van der Waals surface area contributed by atoms with E-state index in [0.29, 0.717) is 102 Å². The molecule has 144 heavy (non-hydrogen) atoms. The van der Waals surface area contributed by atoms with Crippen LogP contribution in [0.2, 0.25) is 0 Å². The van der Waals surface area contributed by atoms with Crippen molar-refractivity contribution >= 4 is 84.0 Å². The summed E-state index contributed by atoms with van der Waals surface area (Å²) in [5, 5.41) is 29.5. The molecule has 0 saturated carbocycles. The first-order valence-electron chi connectivity index (χ1n) is 43.8. The fraction of sp³-hybridized carbons (Fsp3) is 0.424. The Morgan fingerprint density at radius 3 is 1.11 bits per heavy atom. The van der Waals surface area contributed by atoms with Crippen LogP contribution >= 0.6 is 15.6 Å². The Kier molecular flexibility index (Phi) is 54.2. The molecule has 9 rings (SSSR count). The molecule has 0 fully saturated rings. The molecule has 0 amide bonds. The van der Waals surface area contributed by atoms with E-state index < -0.39 is 117 Å². The molecule has 0 aliphatic rings. The van der Waals surface area contributed by atoms with Crippen molar-refractivity contribution in [3.8, 4) is 40.2 Å². The molecule has 1 N–H and O–H groups in total. The van der Waals surface area contributed by atoms with Crippen LogP contribution in [0.25, 0.3) is 20.7 Å². The van der Waals surface area contributed by atoms with Crippen LogP contribution < -0.4 is 47.1 Å². The summed E-state index contributed by atoms with van der Waals surface area (Å²) >= 11 is 0. The molecule has 9 aromatic rings. The smallest absolute Gasteiger partial charge is 0.200 e. The number of rotatable bonds is 36. The topological polar surface area (TPSA) is 470 Å². The molecule has 812 valence electrons. The largest absolute Gasteiger partial charge is 0.744 e. The number of phenolic OH excluding ortho intramolecular Hbond substituents is 1. The van der Waals surface area contributed by atoms with Gasteiger partial charge in [-0.25, -0.2) is 74.3 Å². The van der Waals surface area contributed by atoms with Crippen molar-refractivity contribution in [2.45, 2.75) is 237 Å². The molecule has 52 heteroatoms. The number of benzene rings is 9. The van der Waals surface area contributed by atoms with Gasteiger partial charge in [0, 0.05) is 35.9 Å². The second kappa shape index (κ2) is 58.4. The Morgan fingerprint density at radius 2 is 0.743 bits per heavy atom. The number of ether oxygens (including phenoxy) is 6. The summed E-state index contributed by atoms with van der Waals surface area (Å²) < 4.78 is 378. The molecule has 0 heterocycles. The molecule has 0 aromatic heterocycles. The number of diazo groups is 2. The van der Waals surface area contributed by atoms with Gasteiger partial charge in [-0.3, -0.25) is 4.79 Å². The normalized spacial score (nSPS) is 12.3. The summed E-state index contributed by atoms with van der Waals surface area (Å²) in [5.74, 6) is -9.24. The number of ketones is 1. The van der Waals surface area contributed by atoms with Gasteiger partial charge in [-0.1, -0.05) is 249 Å². The van der Waals surface area contributed by atoms with Gasteiger partial charge >= 0.3 is 77.4 Å². The van der Waals surface area contributed by atoms with Crippen LogP contribution in [0.3, 0.4) is 0 Å². The fourth-order valence-electron chi connectivity index (χ4n) is 11.9. The summed E-state index contributed by atoms with van der Waals surface area (Å²) in [6, 6.07) is 40.7. The van der Waals surface area contributed by atoms with Gasteiger partial charge in [0.1, 0.15) is 68.4 Å². The first-order chi connectivity index (χ1) is 65.8. The molecule has 0 saturated heterocycles. The van der Waals surface area contributed by atoms with Gasteiger partial charge < -0.3 is 51.7 Å². The molecule has 0 spiro atoms. The van der Waals surface area contributed by atoms with Crippen LogP contribution in [-0.4, -0.2) is 103 Å². The molecule has 0 aliphatic heterocycles. The van der Waals surface area contributed by atoms with Gasteiger partial charge in [0.2, 0.25) is 33.9 Å². The number of hydrogen-bond acceptors (Lipinski definition) is 26. The van der Waals surface area contributed by atoms with Crippen LogP contribution in [-0.2, 0) is 40.5 Å². The third-order valence-corrected chi connectivity index (χ3v) is 22.3. The van der Waals surface area contributed by atoms with Gasteiger partial charge in [-0.15, -0.1) is 10.2 Å². The van der Waals surface area contributed by atoms with E-state index in [9.17, 15) is 139 Å². The SMILES string of the molecule is CC(C)c1cc(C(C)C)cc(C(C)C)c1.CCCCCCOc1cc(OCCCCCC)c([N+]#N)c(OCCCCCC)c1.CCCCOc1ccc([N+]#N)c(OCCCC)c1.COc1cc(O)c(C(=O)c2ccccc2)cc1S(=O)(=O)[O-].Cc1cc(C)c(S(=O)(=O)[O-])c(C)c1.F[P-](F)(F)(F)(F)F.F[P-](F)(F)(F)(F)F.O=S(=O)([O-])c1c(F)c(F)c(F)c(F)c1F.O=S(=O)([O-])c1cccc2ccccc12.[O-][Cl+3]([O-])([O-])[O-]. The van der Waals surface area contributed by atoms with Crippen molar-refractivity contribution in [1.82, 2.24) is 0 Å². The molecule has 28 nitrogen and oxygen atoms in total. The number of nitrogens with zero attached hydrogens (tertiary/aromatic N) is 4. The van der Waals surface area contributed by atoms with Crippen molar-refractivity contribution in [3.05, 3.63) is 229 Å². The third kappa shape index (κ3) is 58.2. The van der Waals surface area contributed by atoms with E-state index in [4.69, 9.17) is 52.5 Å². The molecular weight excluding hydrogens is 2090 g/mol. The Labute approximate surface area is 828 Å². The number of phenols is 1. The van der Waals surface area contributed by atoms with Crippen LogP contribution in [0, 0.1) is 70.9 Å². The number of halogens is 18. The minimum Gasteiger partial charge on any atom is -0.744 e. The number of unbranched alkanes of at least 4 members (excludes halogenated alkanes) is 11. The van der Waals surface area contributed by atoms with Crippen LogP contribution in [0.5, 0.6) is 40.2 Å². The Hall–Kier alpha value is -10.2. The van der Waals surface area contributed by atoms with Crippen molar-refractivity contribution in [2.24, 2.45) is 0 Å². The fourth-order valence-corrected chi connectivity index (χ4v) is 14.7. The van der Waals surface area contributed by atoms with Crippen molar-refractivity contribution < 1.29 is 191 Å². The van der Waals surface area contributed by atoms with Crippen molar-refractivity contribution in [2.75, 3.05) is 40.1 Å². The maximum Gasteiger partial charge on any atom is 0.200 e. The van der Waals surface area contributed by atoms with Gasteiger partial charge in [0.25, 0.3) is 0 Å². The Morgan fingerprint density at radius 1 is 0.396 bits per heavy atom. The Balaban J connectivity index is 0.00000163. The molecule has 0 unspecified atom stereocenters. The number of carbonyl (C=O) groups is 1. The number of aromatic hydroxyl groups is 1. The Bertz CT molecular complexity index is 5990. The quantitative estimate of drug-likeness (QED) is 0.00557. The molecule has 0 radical (unpaired) electrons. The predicted molar refractivity (Wildman–Crippen MR) is 495 cm³/mol. The predicted octanol–water partition coefficient (Wildman–Crippen LogP) is 25.7. The van der Waals surface area contributed by atoms with Gasteiger partial charge in [0.15, 0.2) is 39.0 Å². The van der Waals surface area contributed by atoms with Gasteiger partial charge in [-0.05, 0) is 127 Å². The second-order valence-corrected chi connectivity index (χ2v) is 42.0. The third-order valence-electron chi connectivity index (χ3n) is 18.6. The summed E-state index contributed by atoms with van der Waals surface area (Å²) in [7, 11) is -44.4. The average molecular weight is 2210 g/mol. The number of methoxy groups -OCH3 is 1. The minimum atomic E-state index is -10.7. The number of aryl methyl sites for hydroxylation is 3. The van der Waals surface area contributed by atoms with Crippen LogP contribution in [0.15, 0.2) is 165 Å². The summed E-state index contributed by atoms with van der Waals surface area (Å²) in [5.41, 5.74) is 7.20. The van der Waals surface area contributed by atoms with E-state index in [1.807, 2.05) is 19.1 Å². The van der Waals surface area contributed by atoms with E-state index in [1.54, 1.807) is 98.8 Å². The minimum absolute atomic E-state index is 0.0851. The molecule has 0 bridgehead atoms. The zero-order valence-corrected chi connectivity index (χ0v) is 86.7. The van der Waals surface area contributed by atoms with Crippen molar-refractivity contribution in [1.29, 1.82) is 10.8 Å². The standard InChI is InChI=1S/C24H41N2O3.C15H24.C14H21N2O2.C14H12O6S.C10H8O3S.C9H12O3S.C6HF5O3S.ClHO4.2F6P/c1-4-7-10-13-16-27-21-19-22(28-17-14-11-8-5-2)24(26-25)23(20-21)29-18-15-12-9-6-3;1-10(2)13-7-14(11(3)4)9-15(8-13)12(5)6;1-3-5-9-17-12-7-8-13(16-15)14(11-12)18-10-6-4-2;1-20-12-8-11(15)10(7-13(12)21(17,18)19)14(16)9-5-3-2-4-6-9;11-14(12,13)10-7-3-5-8-4-1-2-6-9(8)10;1-6-4-7(2)9(8(3)5-6)13(10,11)12;7-1-2(8)4(10)6(15(12,13)14)5(11)3(1)9;2-1(3,4)5;2*1-7(2,3,4,5)6/h19-20H,4-18H2,1-3H3;7-12H,1-6H3;7-8,11H,3-6,9-10H2,1-2H3;2-8,15H,1H3,(H,17,18,19);1-7H,(H,11,12,13);4-5H,1-3H3,(H,10,11,12);(H,12,13,14);(H,2,3,4,5);;/q+1;;+1;;;;;;2*-1/p-5. The monoisotopic (exact) mass is 2210 g/mol. The average Bonchev–Trinajstić information content (AvgIpc) is 0.774.